The van der Waals surface area contributed by atoms with Gasteiger partial charge in [-0.05, 0) is 88.1 Å². The molecule has 4 nitrogen and oxygen atoms in total. The van der Waals surface area contributed by atoms with E-state index in [1.165, 1.54) is 9.80 Å². The van der Waals surface area contributed by atoms with Crippen molar-refractivity contribution >= 4 is 55.0 Å². The smallest absolute Gasteiger partial charge is 0.244 e. The van der Waals surface area contributed by atoms with Gasteiger partial charge in [0, 0.05) is 8.95 Å². The van der Waals surface area contributed by atoms with E-state index in [9.17, 15) is 9.59 Å². The molecule has 1 aliphatic rings. The molecule has 0 unspecified atom stereocenters. The molecule has 28 heavy (non-hydrogen) atoms. The molecule has 0 aliphatic carbocycles. The molecule has 1 heterocycles. The first kappa shape index (κ1) is 21.1. The maximum Gasteiger partial charge on any atom is 0.244 e. The van der Waals surface area contributed by atoms with Crippen molar-refractivity contribution in [2.24, 2.45) is 5.41 Å². The number of halogens is 2. The molecule has 2 radical (unpaired) electrons. The van der Waals surface area contributed by atoms with E-state index in [1.807, 2.05) is 52.0 Å². The molecule has 146 valence electrons. The van der Waals surface area contributed by atoms with Gasteiger partial charge in [-0.2, -0.15) is 0 Å². The van der Waals surface area contributed by atoms with Gasteiger partial charge < -0.3 is 0 Å². The van der Waals surface area contributed by atoms with E-state index in [-0.39, 0.29) is 11.8 Å². The van der Waals surface area contributed by atoms with Crippen LogP contribution in [0.2, 0.25) is 0 Å². The van der Waals surface area contributed by atoms with Gasteiger partial charge in [-0.3, -0.25) is 19.4 Å². The Labute approximate surface area is 183 Å². The van der Waals surface area contributed by atoms with E-state index < -0.39 is 5.41 Å². The molecular weight excluding hydrogens is 484 g/mol. The quantitative estimate of drug-likeness (QED) is 0.480. The van der Waals surface area contributed by atoms with Crippen LogP contribution in [0.15, 0.2) is 33.2 Å². The Morgan fingerprint density at radius 1 is 0.714 bits per heavy atom. The van der Waals surface area contributed by atoms with Gasteiger partial charge in [0.15, 0.2) is 0 Å². The van der Waals surface area contributed by atoms with E-state index >= 15 is 0 Å². The molecule has 1 saturated heterocycles. The summed E-state index contributed by atoms with van der Waals surface area (Å²) < 4.78 is 1.89. The van der Waals surface area contributed by atoms with Gasteiger partial charge in [-0.25, -0.2) is 0 Å². The Morgan fingerprint density at radius 2 is 1.00 bits per heavy atom. The SMILES string of the molecule is Cc1cc(Br)cc(C)c1N1[C]N(c2c(C)cc(Br)cc2C)C(=O)C(C)(C)C1=O. The summed E-state index contributed by atoms with van der Waals surface area (Å²) in [5, 5.41) is 0. The highest BCUT2D eigenvalue weighted by Gasteiger charge is 2.49. The van der Waals surface area contributed by atoms with Gasteiger partial charge >= 0.3 is 0 Å². The molecule has 0 spiro atoms. The van der Waals surface area contributed by atoms with Crippen LogP contribution in [0.4, 0.5) is 11.4 Å². The van der Waals surface area contributed by atoms with Gasteiger partial charge in [0.25, 0.3) is 0 Å². The lowest BCUT2D eigenvalue weighted by molar-refractivity contribution is -0.139. The first-order chi connectivity index (χ1) is 12.9. The van der Waals surface area contributed by atoms with Crippen LogP contribution >= 0.6 is 31.9 Å². The molecule has 3 rings (SSSR count). The van der Waals surface area contributed by atoms with Crippen LogP contribution in [0.25, 0.3) is 0 Å². The number of benzene rings is 2. The minimum atomic E-state index is -1.21. The molecular formula is C22H22Br2N2O2. The zero-order valence-corrected chi connectivity index (χ0v) is 19.9. The van der Waals surface area contributed by atoms with Gasteiger partial charge in [-0.1, -0.05) is 31.9 Å². The highest BCUT2D eigenvalue weighted by molar-refractivity contribution is 9.10. The molecule has 0 N–H and O–H groups in total. The Bertz CT molecular complexity index is 875. The maximum absolute atomic E-state index is 13.2. The lowest BCUT2D eigenvalue weighted by Gasteiger charge is -2.43. The van der Waals surface area contributed by atoms with Gasteiger partial charge in [0.1, 0.15) is 5.41 Å². The molecule has 2 aromatic rings. The van der Waals surface area contributed by atoms with Crippen LogP contribution in [0.5, 0.6) is 0 Å². The second-order valence-electron chi connectivity index (χ2n) is 7.78. The molecule has 0 aromatic heterocycles. The topological polar surface area (TPSA) is 40.6 Å². The lowest BCUT2D eigenvalue weighted by atomic mass is 9.86. The summed E-state index contributed by atoms with van der Waals surface area (Å²) in [6.07, 6.45) is 0. The number of amides is 2. The van der Waals surface area contributed by atoms with E-state index in [0.717, 1.165) is 42.6 Å². The summed E-state index contributed by atoms with van der Waals surface area (Å²) in [7, 11) is 0. The van der Waals surface area contributed by atoms with E-state index in [2.05, 4.69) is 38.5 Å². The number of rotatable bonds is 2. The number of hydrogen-bond donors (Lipinski definition) is 0. The fraction of sp³-hybridized carbons (Fsp3) is 0.318. The fourth-order valence-electron chi connectivity index (χ4n) is 3.66. The van der Waals surface area contributed by atoms with Crippen LogP contribution in [0.3, 0.4) is 0 Å². The summed E-state index contributed by atoms with van der Waals surface area (Å²) in [5.41, 5.74) is 4.04. The normalized spacial score (nSPS) is 16.7. The van der Waals surface area contributed by atoms with Crippen molar-refractivity contribution < 1.29 is 9.59 Å². The van der Waals surface area contributed by atoms with Crippen molar-refractivity contribution in [3.05, 3.63) is 62.1 Å². The third-order valence-electron chi connectivity index (χ3n) is 5.03. The van der Waals surface area contributed by atoms with Crippen LogP contribution in [-0.2, 0) is 9.59 Å². The van der Waals surface area contributed by atoms with E-state index in [0.29, 0.717) is 0 Å². The Balaban J connectivity index is 2.18. The molecule has 2 aromatic carbocycles. The molecule has 2 amide bonds. The van der Waals surface area contributed by atoms with Crippen molar-refractivity contribution in [2.75, 3.05) is 9.80 Å². The first-order valence-corrected chi connectivity index (χ1v) is 10.5. The largest absolute Gasteiger partial charge is 0.278 e. The summed E-state index contributed by atoms with van der Waals surface area (Å²) in [6.45, 7) is 14.2. The van der Waals surface area contributed by atoms with Gasteiger partial charge in [0.2, 0.25) is 18.5 Å². The second-order valence-corrected chi connectivity index (χ2v) is 9.61. The molecule has 6 heteroatoms. The predicted molar refractivity (Wildman–Crippen MR) is 119 cm³/mol. The monoisotopic (exact) mass is 504 g/mol. The Kier molecular flexibility index (Phi) is 5.49. The third kappa shape index (κ3) is 3.41. The van der Waals surface area contributed by atoms with Crippen LogP contribution in [0.1, 0.15) is 36.1 Å². The van der Waals surface area contributed by atoms with E-state index in [1.54, 1.807) is 13.8 Å². The van der Waals surface area contributed by atoms with Crippen molar-refractivity contribution in [2.45, 2.75) is 41.5 Å². The minimum Gasteiger partial charge on any atom is -0.278 e. The van der Waals surface area contributed by atoms with Gasteiger partial charge in [-0.15, -0.1) is 0 Å². The van der Waals surface area contributed by atoms with Crippen molar-refractivity contribution in [1.29, 1.82) is 0 Å². The average molecular weight is 506 g/mol. The van der Waals surface area contributed by atoms with Crippen molar-refractivity contribution in [3.63, 3.8) is 0 Å². The van der Waals surface area contributed by atoms with Crippen molar-refractivity contribution in [3.8, 4) is 0 Å². The highest BCUT2D eigenvalue weighted by Crippen LogP contribution is 2.41. The molecule has 1 aliphatic heterocycles. The molecule has 0 atom stereocenters. The van der Waals surface area contributed by atoms with Crippen molar-refractivity contribution in [1.82, 2.24) is 0 Å². The summed E-state index contributed by atoms with van der Waals surface area (Å²) in [4.78, 5) is 29.5. The zero-order valence-electron chi connectivity index (χ0n) is 16.8. The number of nitrogens with zero attached hydrogens (tertiary/aromatic N) is 2. The van der Waals surface area contributed by atoms with Gasteiger partial charge in [0.05, 0.1) is 11.4 Å². The molecule has 1 fully saturated rings. The number of hydrogen-bond acceptors (Lipinski definition) is 2. The van der Waals surface area contributed by atoms with E-state index in [4.69, 9.17) is 0 Å². The number of anilines is 2. The number of carbonyl (C=O) groups is 2. The number of carbonyl (C=O) groups excluding carboxylic acids is 2. The van der Waals surface area contributed by atoms with Crippen LogP contribution in [-0.4, -0.2) is 11.8 Å². The Morgan fingerprint density at radius 3 is 1.29 bits per heavy atom. The number of aryl methyl sites for hydroxylation is 4. The van der Waals surface area contributed by atoms with Crippen LogP contribution < -0.4 is 9.80 Å². The molecule has 0 saturated carbocycles. The summed E-state index contributed by atoms with van der Waals surface area (Å²) in [6, 6.07) is 7.84. The maximum atomic E-state index is 13.2. The zero-order chi connectivity index (χ0) is 21.0. The minimum absolute atomic E-state index is 0.283. The molecule has 0 bridgehead atoms. The fourth-order valence-corrected chi connectivity index (χ4v) is 5.03. The first-order valence-electron chi connectivity index (χ1n) is 8.94. The highest BCUT2D eigenvalue weighted by atomic mass is 79.9. The summed E-state index contributed by atoms with van der Waals surface area (Å²) >= 11 is 7.00. The Hall–Kier alpha value is -1.66. The predicted octanol–water partition coefficient (Wildman–Crippen LogP) is 5.85. The lowest BCUT2D eigenvalue weighted by Crippen LogP contribution is -2.59. The standard InChI is InChI=1S/C22H22Br2N2O2/c1-12-7-16(23)8-13(2)18(12)25-11-26(21(28)22(5,6)20(25)27)19-14(3)9-17(24)10-15(19)4/h7-10H,1-6H3. The summed E-state index contributed by atoms with van der Waals surface area (Å²) in [5.74, 6) is -0.565. The third-order valence-corrected chi connectivity index (χ3v) is 5.95. The van der Waals surface area contributed by atoms with Crippen LogP contribution in [0, 0.1) is 39.8 Å². The second kappa shape index (κ2) is 7.30. The average Bonchev–Trinajstić information content (AvgIpc) is 2.55.